The molecule has 29 heavy (non-hydrogen) atoms. The van der Waals surface area contributed by atoms with Crippen LogP contribution < -0.4 is 15.2 Å². The summed E-state index contributed by atoms with van der Waals surface area (Å²) in [5.41, 5.74) is -1.03. The fourth-order valence-corrected chi connectivity index (χ4v) is 4.44. The monoisotopic (exact) mass is 446 g/mol. The van der Waals surface area contributed by atoms with E-state index in [9.17, 15) is 8.42 Å². The number of hydrogen-bond donors (Lipinski definition) is 2. The Balaban J connectivity index is 0.00000420. The fourth-order valence-electron chi connectivity index (χ4n) is 3.30. The van der Waals surface area contributed by atoms with Crippen molar-refractivity contribution >= 4 is 22.4 Å². The highest BCUT2D eigenvalue weighted by Crippen LogP contribution is 2.31. The SMILES string of the molecule is CCOC(CNC(C)CC1(OC)C=CC=CC1S(N)(=O)=O)Oc1ccccc1.Cl. The van der Waals surface area contributed by atoms with Crippen LogP contribution in [0.4, 0.5) is 0 Å². The molecule has 0 aromatic heterocycles. The highest BCUT2D eigenvalue weighted by Gasteiger charge is 2.44. The number of nitrogens with two attached hydrogens (primary N) is 1. The number of primary sulfonamides is 1. The number of sulfonamides is 1. The molecule has 0 saturated heterocycles. The summed E-state index contributed by atoms with van der Waals surface area (Å²) in [6.07, 6.45) is 6.70. The highest BCUT2D eigenvalue weighted by molar-refractivity contribution is 7.90. The predicted molar refractivity (Wildman–Crippen MR) is 117 cm³/mol. The zero-order chi connectivity index (χ0) is 20.6. The van der Waals surface area contributed by atoms with Crippen molar-refractivity contribution in [3.05, 3.63) is 54.6 Å². The number of hydrogen-bond acceptors (Lipinski definition) is 6. The van der Waals surface area contributed by atoms with E-state index in [-0.39, 0.29) is 18.4 Å². The molecule has 0 radical (unpaired) electrons. The Hall–Kier alpha value is -1.42. The van der Waals surface area contributed by atoms with Gasteiger partial charge < -0.3 is 19.5 Å². The van der Waals surface area contributed by atoms with Gasteiger partial charge in [-0.2, -0.15) is 0 Å². The zero-order valence-corrected chi connectivity index (χ0v) is 18.6. The van der Waals surface area contributed by atoms with Gasteiger partial charge in [0.2, 0.25) is 16.3 Å². The normalized spacial score (nSPS) is 23.2. The first-order valence-electron chi connectivity index (χ1n) is 9.30. The molecule has 1 aliphatic rings. The van der Waals surface area contributed by atoms with Gasteiger partial charge in [0.15, 0.2) is 0 Å². The molecule has 4 unspecified atom stereocenters. The molecular formula is C20H31ClN2O5S. The van der Waals surface area contributed by atoms with Gasteiger partial charge in [-0.25, -0.2) is 13.6 Å². The topological polar surface area (TPSA) is 99.9 Å². The van der Waals surface area contributed by atoms with Crippen LogP contribution in [-0.2, 0) is 19.5 Å². The number of para-hydroxylation sites is 1. The van der Waals surface area contributed by atoms with Crippen molar-refractivity contribution in [3.8, 4) is 5.75 Å². The zero-order valence-electron chi connectivity index (χ0n) is 17.0. The van der Waals surface area contributed by atoms with Crippen LogP contribution in [0.3, 0.4) is 0 Å². The number of nitrogens with one attached hydrogen (secondary N) is 1. The third-order valence-electron chi connectivity index (χ3n) is 4.61. The predicted octanol–water partition coefficient (Wildman–Crippen LogP) is 2.39. The van der Waals surface area contributed by atoms with Crippen LogP contribution in [0.25, 0.3) is 0 Å². The summed E-state index contributed by atoms with van der Waals surface area (Å²) in [7, 11) is -2.32. The molecule has 0 amide bonds. The molecule has 0 aliphatic heterocycles. The number of allylic oxidation sites excluding steroid dienone is 2. The molecule has 2 rings (SSSR count). The maximum absolute atomic E-state index is 12.0. The van der Waals surface area contributed by atoms with Gasteiger partial charge in [0.1, 0.15) is 16.6 Å². The Morgan fingerprint density at radius 2 is 1.93 bits per heavy atom. The second-order valence-corrected chi connectivity index (χ2v) is 8.43. The third-order valence-corrected chi connectivity index (χ3v) is 5.88. The largest absolute Gasteiger partial charge is 0.464 e. The Labute approximate surface area is 179 Å². The fraction of sp³-hybridized carbons (Fsp3) is 0.500. The average Bonchev–Trinajstić information content (AvgIpc) is 2.66. The van der Waals surface area contributed by atoms with E-state index in [1.54, 1.807) is 24.3 Å². The van der Waals surface area contributed by atoms with E-state index in [0.717, 1.165) is 5.75 Å². The first kappa shape index (κ1) is 25.6. The summed E-state index contributed by atoms with van der Waals surface area (Å²) in [5.74, 6) is 0.721. The van der Waals surface area contributed by atoms with Crippen molar-refractivity contribution in [1.29, 1.82) is 0 Å². The van der Waals surface area contributed by atoms with Gasteiger partial charge in [-0.05, 0) is 32.4 Å². The van der Waals surface area contributed by atoms with Crippen molar-refractivity contribution in [2.24, 2.45) is 5.14 Å². The summed E-state index contributed by atoms with van der Waals surface area (Å²) in [6.45, 7) is 4.80. The first-order chi connectivity index (χ1) is 13.3. The summed E-state index contributed by atoms with van der Waals surface area (Å²) in [5, 5.41) is 7.83. The molecular weight excluding hydrogens is 416 g/mol. The van der Waals surface area contributed by atoms with Gasteiger partial charge in [0, 0.05) is 19.8 Å². The van der Waals surface area contributed by atoms with Crippen molar-refractivity contribution in [2.75, 3.05) is 20.3 Å². The summed E-state index contributed by atoms with van der Waals surface area (Å²) in [6, 6.07) is 9.36. The molecule has 3 N–H and O–H groups in total. The van der Waals surface area contributed by atoms with E-state index < -0.39 is 27.2 Å². The van der Waals surface area contributed by atoms with Crippen LogP contribution in [0.2, 0.25) is 0 Å². The standard InChI is InChI=1S/C20H30N2O5S.ClH/c1-4-26-19(27-17-10-6-5-7-11-17)15-22-16(2)14-20(25-3)13-9-8-12-18(20)28(21,23)24;/h5-13,16,18-19,22H,4,14-15H2,1-3H3,(H2,21,23,24);1H. The highest BCUT2D eigenvalue weighted by atomic mass is 35.5. The van der Waals surface area contributed by atoms with Crippen LogP contribution in [0, 0.1) is 0 Å². The molecule has 0 fully saturated rings. The number of ether oxygens (including phenoxy) is 3. The molecule has 7 nitrogen and oxygen atoms in total. The van der Waals surface area contributed by atoms with E-state index >= 15 is 0 Å². The van der Waals surface area contributed by atoms with Crippen LogP contribution in [0.5, 0.6) is 5.75 Å². The van der Waals surface area contributed by atoms with E-state index in [2.05, 4.69) is 5.32 Å². The molecule has 0 saturated carbocycles. The Kier molecular flexibility index (Phi) is 10.3. The van der Waals surface area contributed by atoms with E-state index in [1.807, 2.05) is 44.2 Å². The summed E-state index contributed by atoms with van der Waals surface area (Å²) >= 11 is 0. The molecule has 9 heteroatoms. The van der Waals surface area contributed by atoms with Crippen molar-refractivity contribution in [3.63, 3.8) is 0 Å². The van der Waals surface area contributed by atoms with E-state index in [1.165, 1.54) is 7.11 Å². The number of methoxy groups -OCH3 is 1. The smallest absolute Gasteiger partial charge is 0.218 e. The van der Waals surface area contributed by atoms with Crippen LogP contribution >= 0.6 is 12.4 Å². The molecule has 0 heterocycles. The molecule has 0 bridgehead atoms. The Morgan fingerprint density at radius 3 is 2.52 bits per heavy atom. The maximum Gasteiger partial charge on any atom is 0.218 e. The summed E-state index contributed by atoms with van der Waals surface area (Å²) in [4.78, 5) is 0. The van der Waals surface area contributed by atoms with Crippen LogP contribution in [-0.4, -0.2) is 51.9 Å². The van der Waals surface area contributed by atoms with E-state index in [0.29, 0.717) is 19.6 Å². The minimum Gasteiger partial charge on any atom is -0.464 e. The first-order valence-corrected chi connectivity index (χ1v) is 10.9. The molecule has 164 valence electrons. The van der Waals surface area contributed by atoms with Crippen molar-refractivity contribution in [2.45, 2.75) is 43.5 Å². The van der Waals surface area contributed by atoms with Gasteiger partial charge >= 0.3 is 0 Å². The lowest BCUT2D eigenvalue weighted by Gasteiger charge is -2.38. The van der Waals surface area contributed by atoms with E-state index in [4.69, 9.17) is 19.3 Å². The van der Waals surface area contributed by atoms with Crippen LogP contribution in [0.15, 0.2) is 54.6 Å². The second kappa shape index (κ2) is 11.7. The minimum atomic E-state index is -3.81. The van der Waals surface area contributed by atoms with Gasteiger partial charge in [-0.3, -0.25) is 0 Å². The van der Waals surface area contributed by atoms with Gasteiger partial charge in [0.05, 0.1) is 6.54 Å². The molecule has 0 spiro atoms. The molecule has 1 aliphatic carbocycles. The average molecular weight is 447 g/mol. The minimum absolute atomic E-state index is 0. The Bertz CT molecular complexity index is 772. The second-order valence-electron chi connectivity index (χ2n) is 6.74. The van der Waals surface area contributed by atoms with Gasteiger partial charge in [-0.1, -0.05) is 42.5 Å². The third kappa shape index (κ3) is 7.40. The lowest BCUT2D eigenvalue weighted by molar-refractivity contribution is -0.0750. The summed E-state index contributed by atoms with van der Waals surface area (Å²) < 4.78 is 41.3. The van der Waals surface area contributed by atoms with Crippen molar-refractivity contribution in [1.82, 2.24) is 5.32 Å². The van der Waals surface area contributed by atoms with Crippen molar-refractivity contribution < 1.29 is 22.6 Å². The number of benzene rings is 1. The lowest BCUT2D eigenvalue weighted by atomic mass is 9.88. The lowest BCUT2D eigenvalue weighted by Crippen LogP contribution is -2.53. The van der Waals surface area contributed by atoms with Gasteiger partial charge in [0.25, 0.3) is 0 Å². The number of halogens is 1. The Morgan fingerprint density at radius 1 is 1.24 bits per heavy atom. The molecule has 1 aromatic carbocycles. The quantitative estimate of drug-likeness (QED) is 0.506. The molecule has 1 aromatic rings. The van der Waals surface area contributed by atoms with Gasteiger partial charge in [-0.15, -0.1) is 12.4 Å². The maximum atomic E-state index is 12.0. The van der Waals surface area contributed by atoms with Crippen LogP contribution in [0.1, 0.15) is 20.3 Å². The number of rotatable bonds is 11. The molecule has 4 atom stereocenters.